The van der Waals surface area contributed by atoms with Crippen LogP contribution < -0.4 is 5.32 Å². The van der Waals surface area contributed by atoms with Crippen molar-refractivity contribution in [3.8, 4) is 0 Å². The average Bonchev–Trinajstić information content (AvgIpc) is 2.46. The molecule has 0 fully saturated rings. The summed E-state index contributed by atoms with van der Waals surface area (Å²) in [5.74, 6) is 1.90. The molecule has 0 heterocycles. The van der Waals surface area contributed by atoms with Gasteiger partial charge in [-0.1, -0.05) is 30.3 Å². The Morgan fingerprint density at radius 1 is 1.30 bits per heavy atom. The lowest BCUT2D eigenvalue weighted by atomic mass is 9.92. The van der Waals surface area contributed by atoms with Gasteiger partial charge < -0.3 is 15.2 Å². The second kappa shape index (κ2) is 9.40. The number of thioether (sulfide) groups is 1. The van der Waals surface area contributed by atoms with Crippen LogP contribution in [0.1, 0.15) is 25.8 Å². The number of nitrogens with one attached hydrogen (secondary N) is 1. The van der Waals surface area contributed by atoms with Crippen molar-refractivity contribution in [1.82, 2.24) is 5.32 Å². The standard InChI is InChI=1S/C16H27NO2S/c1-14(2)17-16(12-18,13-20-11-7-10-19-3)15-8-5-4-6-9-15/h4-6,8-9,14,17-18H,7,10-13H2,1-3H3. The molecule has 0 aliphatic heterocycles. The fourth-order valence-corrected chi connectivity index (χ4v) is 3.41. The Morgan fingerprint density at radius 3 is 2.55 bits per heavy atom. The van der Waals surface area contributed by atoms with E-state index >= 15 is 0 Å². The number of benzene rings is 1. The zero-order valence-corrected chi connectivity index (χ0v) is 13.6. The molecular formula is C16H27NO2S. The van der Waals surface area contributed by atoms with Gasteiger partial charge in [0.2, 0.25) is 0 Å². The Hall–Kier alpha value is -0.550. The van der Waals surface area contributed by atoms with Crippen molar-refractivity contribution in [3.05, 3.63) is 35.9 Å². The fraction of sp³-hybridized carbons (Fsp3) is 0.625. The highest BCUT2D eigenvalue weighted by molar-refractivity contribution is 7.99. The SMILES string of the molecule is COCCCSCC(CO)(NC(C)C)c1ccccc1. The maximum absolute atomic E-state index is 9.98. The molecule has 0 saturated heterocycles. The molecule has 1 aromatic carbocycles. The van der Waals surface area contributed by atoms with E-state index in [1.54, 1.807) is 7.11 Å². The Bertz CT molecular complexity index is 359. The summed E-state index contributed by atoms with van der Waals surface area (Å²) in [4.78, 5) is 0. The van der Waals surface area contributed by atoms with Crippen molar-refractivity contribution in [1.29, 1.82) is 0 Å². The van der Waals surface area contributed by atoms with Gasteiger partial charge in [-0.2, -0.15) is 11.8 Å². The van der Waals surface area contributed by atoms with Crippen molar-refractivity contribution >= 4 is 11.8 Å². The normalized spacial score (nSPS) is 14.4. The van der Waals surface area contributed by atoms with Crippen LogP contribution in [0.25, 0.3) is 0 Å². The minimum atomic E-state index is -0.368. The molecule has 3 nitrogen and oxygen atoms in total. The smallest absolute Gasteiger partial charge is 0.0762 e. The number of rotatable bonds is 10. The summed E-state index contributed by atoms with van der Waals surface area (Å²) in [6, 6.07) is 10.5. The number of hydrogen-bond acceptors (Lipinski definition) is 4. The first kappa shape index (κ1) is 17.5. The first-order chi connectivity index (χ1) is 9.64. The summed E-state index contributed by atoms with van der Waals surface area (Å²) < 4.78 is 5.07. The van der Waals surface area contributed by atoms with Crippen molar-refractivity contribution in [2.45, 2.75) is 31.8 Å². The molecule has 2 N–H and O–H groups in total. The summed E-state index contributed by atoms with van der Waals surface area (Å²) in [6.07, 6.45) is 1.04. The van der Waals surface area contributed by atoms with E-state index in [0.717, 1.165) is 30.1 Å². The van der Waals surface area contributed by atoms with E-state index in [-0.39, 0.29) is 12.1 Å². The first-order valence-electron chi connectivity index (χ1n) is 7.15. The van der Waals surface area contributed by atoms with Crippen LogP contribution in [0.3, 0.4) is 0 Å². The largest absolute Gasteiger partial charge is 0.394 e. The van der Waals surface area contributed by atoms with Crippen LogP contribution in [0, 0.1) is 0 Å². The van der Waals surface area contributed by atoms with Crippen LogP contribution in [-0.2, 0) is 10.3 Å². The zero-order chi connectivity index (χ0) is 14.8. The lowest BCUT2D eigenvalue weighted by molar-refractivity contribution is 0.169. The molecule has 0 aliphatic carbocycles. The predicted molar refractivity (Wildman–Crippen MR) is 87.3 cm³/mol. The number of ether oxygens (including phenoxy) is 1. The fourth-order valence-electron chi connectivity index (χ4n) is 2.25. The minimum Gasteiger partial charge on any atom is -0.394 e. The van der Waals surface area contributed by atoms with E-state index < -0.39 is 0 Å². The van der Waals surface area contributed by atoms with Gasteiger partial charge in [-0.25, -0.2) is 0 Å². The molecule has 0 aromatic heterocycles. The minimum absolute atomic E-state index is 0.104. The average molecular weight is 297 g/mol. The molecule has 1 atom stereocenters. The number of aliphatic hydroxyl groups is 1. The van der Waals surface area contributed by atoms with Gasteiger partial charge in [-0.3, -0.25) is 0 Å². The third-order valence-electron chi connectivity index (χ3n) is 3.15. The maximum atomic E-state index is 9.98. The quantitative estimate of drug-likeness (QED) is 0.652. The maximum Gasteiger partial charge on any atom is 0.0762 e. The van der Waals surface area contributed by atoms with E-state index in [4.69, 9.17) is 4.74 Å². The van der Waals surface area contributed by atoms with Gasteiger partial charge in [-0.05, 0) is 31.6 Å². The van der Waals surface area contributed by atoms with E-state index in [1.807, 2.05) is 30.0 Å². The van der Waals surface area contributed by atoms with Gasteiger partial charge in [-0.15, -0.1) is 0 Å². The van der Waals surface area contributed by atoms with Crippen LogP contribution in [0.5, 0.6) is 0 Å². The van der Waals surface area contributed by atoms with Crippen molar-refractivity contribution in [2.75, 3.05) is 31.8 Å². The van der Waals surface area contributed by atoms with E-state index in [0.29, 0.717) is 6.04 Å². The van der Waals surface area contributed by atoms with Crippen molar-refractivity contribution in [3.63, 3.8) is 0 Å². The van der Waals surface area contributed by atoms with Crippen molar-refractivity contribution in [2.24, 2.45) is 0 Å². The Labute approximate surface area is 127 Å². The lowest BCUT2D eigenvalue weighted by Gasteiger charge is -2.35. The molecule has 20 heavy (non-hydrogen) atoms. The van der Waals surface area contributed by atoms with Crippen LogP contribution in [0.2, 0.25) is 0 Å². The van der Waals surface area contributed by atoms with Crippen molar-refractivity contribution < 1.29 is 9.84 Å². The molecule has 0 radical (unpaired) electrons. The molecule has 0 aliphatic rings. The molecule has 0 amide bonds. The molecule has 0 bridgehead atoms. The first-order valence-corrected chi connectivity index (χ1v) is 8.31. The van der Waals surface area contributed by atoms with Gasteiger partial charge in [0.1, 0.15) is 0 Å². The van der Waals surface area contributed by atoms with Gasteiger partial charge in [0.05, 0.1) is 12.1 Å². The topological polar surface area (TPSA) is 41.5 Å². The summed E-state index contributed by atoms with van der Waals surface area (Å²) in [5.41, 5.74) is 0.781. The van der Waals surface area contributed by atoms with E-state index in [1.165, 1.54) is 0 Å². The predicted octanol–water partition coefficient (Wildman–Crippen LogP) is 2.64. The lowest BCUT2D eigenvalue weighted by Crippen LogP contribution is -2.51. The highest BCUT2D eigenvalue weighted by Gasteiger charge is 2.31. The third-order valence-corrected chi connectivity index (χ3v) is 4.42. The molecule has 1 unspecified atom stereocenters. The van der Waals surface area contributed by atoms with Crippen LogP contribution in [-0.4, -0.2) is 43.0 Å². The Kier molecular flexibility index (Phi) is 8.22. The second-order valence-corrected chi connectivity index (χ2v) is 6.41. The summed E-state index contributed by atoms with van der Waals surface area (Å²) in [7, 11) is 1.73. The highest BCUT2D eigenvalue weighted by atomic mass is 32.2. The summed E-state index contributed by atoms with van der Waals surface area (Å²) >= 11 is 1.86. The molecule has 0 saturated carbocycles. The van der Waals surface area contributed by atoms with E-state index in [9.17, 15) is 5.11 Å². The molecule has 1 rings (SSSR count). The highest BCUT2D eigenvalue weighted by Crippen LogP contribution is 2.26. The van der Waals surface area contributed by atoms with Crippen LogP contribution in [0.4, 0.5) is 0 Å². The molecular weight excluding hydrogens is 270 g/mol. The van der Waals surface area contributed by atoms with E-state index in [2.05, 4.69) is 31.3 Å². The van der Waals surface area contributed by atoms with Gasteiger partial charge in [0.25, 0.3) is 0 Å². The van der Waals surface area contributed by atoms with Gasteiger partial charge in [0.15, 0.2) is 0 Å². The zero-order valence-electron chi connectivity index (χ0n) is 12.8. The molecule has 4 heteroatoms. The molecule has 114 valence electrons. The van der Waals surface area contributed by atoms with Gasteiger partial charge in [0, 0.05) is 25.5 Å². The Balaban J connectivity index is 2.73. The number of methoxy groups -OCH3 is 1. The summed E-state index contributed by atoms with van der Waals surface area (Å²) in [6.45, 7) is 5.13. The monoisotopic (exact) mass is 297 g/mol. The Morgan fingerprint density at radius 2 is 2.00 bits per heavy atom. The molecule has 1 aromatic rings. The number of aliphatic hydroxyl groups excluding tert-OH is 1. The molecule has 0 spiro atoms. The van der Waals surface area contributed by atoms with Crippen LogP contribution >= 0.6 is 11.8 Å². The second-order valence-electron chi connectivity index (χ2n) is 5.30. The number of hydrogen-bond donors (Lipinski definition) is 2. The van der Waals surface area contributed by atoms with Gasteiger partial charge >= 0.3 is 0 Å². The summed E-state index contributed by atoms with van der Waals surface area (Å²) in [5, 5.41) is 13.5. The third kappa shape index (κ3) is 5.44. The van der Waals surface area contributed by atoms with Crippen LogP contribution in [0.15, 0.2) is 30.3 Å².